The molecule has 0 bridgehead atoms. The molecule has 0 N–H and O–H groups in total. The van der Waals surface area contributed by atoms with Gasteiger partial charge in [0.05, 0.1) is 26.9 Å². The SMILES string of the molecule is CC(C)c1cc(-c2c(Cl)cc(C(F)(F)F)cc2Cl)on1. The number of rotatable bonds is 2. The van der Waals surface area contributed by atoms with Crippen LogP contribution in [0.1, 0.15) is 31.0 Å². The van der Waals surface area contributed by atoms with Gasteiger partial charge >= 0.3 is 6.18 Å². The standard InChI is InChI=1S/C13H10Cl2F3NO/c1-6(2)10-5-11(20-19-10)12-8(14)3-7(4-9(12)15)13(16,17)18/h3-6H,1-2H3. The molecule has 0 radical (unpaired) electrons. The van der Waals surface area contributed by atoms with Gasteiger partial charge < -0.3 is 4.52 Å². The van der Waals surface area contributed by atoms with E-state index in [1.165, 1.54) is 0 Å². The Kier molecular flexibility index (Phi) is 4.02. The van der Waals surface area contributed by atoms with Crippen LogP contribution in [0.5, 0.6) is 0 Å². The second-order valence-corrected chi connectivity index (χ2v) is 5.40. The van der Waals surface area contributed by atoms with Crippen LogP contribution in [0.3, 0.4) is 0 Å². The van der Waals surface area contributed by atoms with Crippen molar-refractivity contribution in [3.8, 4) is 11.3 Å². The number of alkyl halides is 3. The van der Waals surface area contributed by atoms with Gasteiger partial charge in [-0.25, -0.2) is 0 Å². The fourth-order valence-corrected chi connectivity index (χ4v) is 2.32. The van der Waals surface area contributed by atoms with E-state index in [0.717, 1.165) is 12.1 Å². The second kappa shape index (κ2) is 5.30. The summed E-state index contributed by atoms with van der Waals surface area (Å²) in [6.07, 6.45) is -4.50. The predicted octanol–water partition coefficient (Wildman–Crippen LogP) is 5.79. The molecule has 1 heterocycles. The molecule has 108 valence electrons. The van der Waals surface area contributed by atoms with Gasteiger partial charge in [-0.05, 0) is 18.1 Å². The van der Waals surface area contributed by atoms with E-state index in [4.69, 9.17) is 27.7 Å². The number of nitrogens with zero attached hydrogens (tertiary/aromatic N) is 1. The summed E-state index contributed by atoms with van der Waals surface area (Å²) in [5, 5.41) is 3.57. The van der Waals surface area contributed by atoms with Gasteiger partial charge in [0.1, 0.15) is 0 Å². The lowest BCUT2D eigenvalue weighted by atomic mass is 10.1. The van der Waals surface area contributed by atoms with Crippen LogP contribution in [0.2, 0.25) is 10.0 Å². The van der Waals surface area contributed by atoms with Gasteiger partial charge in [0.2, 0.25) is 0 Å². The van der Waals surface area contributed by atoms with Gasteiger partial charge in [-0.3, -0.25) is 0 Å². The summed E-state index contributed by atoms with van der Waals surface area (Å²) in [5.41, 5.74) is -0.0207. The maximum absolute atomic E-state index is 12.6. The molecule has 2 nitrogen and oxygen atoms in total. The van der Waals surface area contributed by atoms with Gasteiger partial charge in [-0.2, -0.15) is 13.2 Å². The minimum absolute atomic E-state index is 0.125. The van der Waals surface area contributed by atoms with E-state index >= 15 is 0 Å². The minimum Gasteiger partial charge on any atom is -0.356 e. The zero-order valence-electron chi connectivity index (χ0n) is 10.6. The van der Waals surface area contributed by atoms with E-state index in [1.54, 1.807) is 6.07 Å². The summed E-state index contributed by atoms with van der Waals surface area (Å²) in [5.74, 6) is 0.372. The fourth-order valence-electron chi connectivity index (χ4n) is 1.65. The molecule has 0 atom stereocenters. The molecule has 0 saturated carbocycles. The molecule has 1 aromatic heterocycles. The lowest BCUT2D eigenvalue weighted by Gasteiger charge is -2.10. The highest BCUT2D eigenvalue weighted by molar-refractivity contribution is 6.39. The van der Waals surface area contributed by atoms with Crippen LogP contribution in [-0.2, 0) is 6.18 Å². The highest BCUT2D eigenvalue weighted by Crippen LogP contribution is 2.40. The number of halogens is 5. The van der Waals surface area contributed by atoms with E-state index < -0.39 is 11.7 Å². The normalized spacial score (nSPS) is 12.2. The van der Waals surface area contributed by atoms with Crippen LogP contribution in [0.15, 0.2) is 22.7 Å². The van der Waals surface area contributed by atoms with Crippen molar-refractivity contribution in [3.05, 3.63) is 39.5 Å². The Labute approximate surface area is 123 Å². The first kappa shape index (κ1) is 15.2. The molecule has 0 amide bonds. The van der Waals surface area contributed by atoms with Gasteiger partial charge in [0.25, 0.3) is 0 Å². The first-order valence-corrected chi connectivity index (χ1v) is 6.49. The zero-order chi connectivity index (χ0) is 15.1. The highest BCUT2D eigenvalue weighted by Gasteiger charge is 2.32. The maximum Gasteiger partial charge on any atom is 0.416 e. The average Bonchev–Trinajstić information content (AvgIpc) is 2.76. The molecule has 7 heteroatoms. The summed E-state index contributed by atoms with van der Waals surface area (Å²) < 4.78 is 43.0. The number of hydrogen-bond acceptors (Lipinski definition) is 2. The lowest BCUT2D eigenvalue weighted by Crippen LogP contribution is -2.05. The molecule has 0 aliphatic heterocycles. The maximum atomic E-state index is 12.6. The molecule has 0 saturated heterocycles. The van der Waals surface area contributed by atoms with E-state index in [2.05, 4.69) is 5.16 Å². The van der Waals surface area contributed by atoms with E-state index in [-0.39, 0.29) is 27.3 Å². The summed E-state index contributed by atoms with van der Waals surface area (Å²) in [6, 6.07) is 3.26. The average molecular weight is 324 g/mol. The Bertz CT molecular complexity index is 612. The van der Waals surface area contributed by atoms with E-state index in [9.17, 15) is 13.2 Å². The summed E-state index contributed by atoms with van der Waals surface area (Å²) in [6.45, 7) is 3.83. The third-order valence-electron chi connectivity index (χ3n) is 2.74. The molecule has 20 heavy (non-hydrogen) atoms. The Morgan fingerprint density at radius 2 is 1.65 bits per heavy atom. The molecule has 0 unspecified atom stereocenters. The van der Waals surface area contributed by atoms with Gasteiger partial charge in [-0.15, -0.1) is 0 Å². The van der Waals surface area contributed by atoms with Crippen molar-refractivity contribution in [3.63, 3.8) is 0 Å². The van der Waals surface area contributed by atoms with Crippen molar-refractivity contribution in [2.75, 3.05) is 0 Å². The van der Waals surface area contributed by atoms with Crippen molar-refractivity contribution in [1.29, 1.82) is 0 Å². The van der Waals surface area contributed by atoms with Crippen LogP contribution in [-0.4, -0.2) is 5.16 Å². The Balaban J connectivity index is 2.52. The monoisotopic (exact) mass is 323 g/mol. The van der Waals surface area contributed by atoms with E-state index in [0.29, 0.717) is 5.69 Å². The number of aromatic nitrogens is 1. The Morgan fingerprint density at radius 1 is 1.10 bits per heavy atom. The summed E-state index contributed by atoms with van der Waals surface area (Å²) in [7, 11) is 0. The van der Waals surface area contributed by atoms with Crippen LogP contribution >= 0.6 is 23.2 Å². The largest absolute Gasteiger partial charge is 0.416 e. The number of hydrogen-bond donors (Lipinski definition) is 0. The van der Waals surface area contributed by atoms with Crippen LogP contribution in [0.4, 0.5) is 13.2 Å². The molecule has 0 fully saturated rings. The molecule has 0 aliphatic rings. The highest BCUT2D eigenvalue weighted by atomic mass is 35.5. The smallest absolute Gasteiger partial charge is 0.356 e. The molecule has 1 aromatic carbocycles. The third-order valence-corrected chi connectivity index (χ3v) is 3.33. The second-order valence-electron chi connectivity index (χ2n) is 4.58. The first-order valence-electron chi connectivity index (χ1n) is 5.73. The molecule has 0 spiro atoms. The van der Waals surface area contributed by atoms with Gasteiger partial charge in [-0.1, -0.05) is 42.2 Å². The summed E-state index contributed by atoms with van der Waals surface area (Å²) in [4.78, 5) is 0. The van der Waals surface area contributed by atoms with E-state index in [1.807, 2.05) is 13.8 Å². The zero-order valence-corrected chi connectivity index (χ0v) is 12.1. The van der Waals surface area contributed by atoms with Gasteiger partial charge in [0.15, 0.2) is 5.76 Å². The van der Waals surface area contributed by atoms with Crippen LogP contribution < -0.4 is 0 Å². The topological polar surface area (TPSA) is 26.0 Å². The molecule has 2 rings (SSSR count). The van der Waals surface area contributed by atoms with Crippen LogP contribution in [0.25, 0.3) is 11.3 Å². The Hall–Kier alpha value is -1.20. The van der Waals surface area contributed by atoms with Crippen molar-refractivity contribution in [2.24, 2.45) is 0 Å². The quantitative estimate of drug-likeness (QED) is 0.699. The van der Waals surface area contributed by atoms with Crippen molar-refractivity contribution >= 4 is 23.2 Å². The summed E-state index contributed by atoms with van der Waals surface area (Å²) >= 11 is 11.8. The van der Waals surface area contributed by atoms with Crippen molar-refractivity contribution in [2.45, 2.75) is 25.9 Å². The van der Waals surface area contributed by atoms with Gasteiger partial charge in [0, 0.05) is 6.07 Å². The molecule has 2 aromatic rings. The Morgan fingerprint density at radius 3 is 2.05 bits per heavy atom. The lowest BCUT2D eigenvalue weighted by molar-refractivity contribution is -0.137. The third kappa shape index (κ3) is 2.94. The molecular formula is C13H10Cl2F3NO. The first-order chi connectivity index (χ1) is 9.20. The fraction of sp³-hybridized carbons (Fsp3) is 0.308. The van der Waals surface area contributed by atoms with Crippen molar-refractivity contribution in [1.82, 2.24) is 5.16 Å². The molecule has 0 aliphatic carbocycles. The van der Waals surface area contributed by atoms with Crippen molar-refractivity contribution < 1.29 is 17.7 Å². The number of benzene rings is 1. The molecular weight excluding hydrogens is 314 g/mol. The predicted molar refractivity (Wildman–Crippen MR) is 71.1 cm³/mol. The minimum atomic E-state index is -4.50. The van der Waals surface area contributed by atoms with Crippen LogP contribution in [0, 0.1) is 0 Å².